The zero-order valence-corrected chi connectivity index (χ0v) is 13.6. The van der Waals surface area contributed by atoms with Gasteiger partial charge in [0.25, 0.3) is 0 Å². The van der Waals surface area contributed by atoms with Crippen molar-refractivity contribution in [2.24, 2.45) is 0 Å². The van der Waals surface area contributed by atoms with Crippen molar-refractivity contribution in [2.45, 2.75) is 57.7 Å². The number of fused-ring (bicyclic) bond motifs is 1. The van der Waals surface area contributed by atoms with Crippen molar-refractivity contribution in [2.75, 3.05) is 0 Å². The molecule has 1 aliphatic rings. The van der Waals surface area contributed by atoms with Crippen molar-refractivity contribution in [1.82, 2.24) is 10.6 Å². The Morgan fingerprint density at radius 1 is 1.30 bits per heavy atom. The van der Waals surface area contributed by atoms with Crippen LogP contribution in [0.5, 0.6) is 0 Å². The molecule has 1 fully saturated rings. The minimum atomic E-state index is -0.447. The predicted molar refractivity (Wildman–Crippen MR) is 89.3 cm³/mol. The normalized spacial score (nSPS) is 22.7. The van der Waals surface area contributed by atoms with Crippen LogP contribution < -0.4 is 10.6 Å². The third-order valence-corrected chi connectivity index (χ3v) is 4.67. The van der Waals surface area contributed by atoms with Gasteiger partial charge in [-0.3, -0.25) is 0 Å². The lowest BCUT2D eigenvalue weighted by Crippen LogP contribution is -2.49. The van der Waals surface area contributed by atoms with Crippen LogP contribution in [0.1, 0.15) is 50.0 Å². The Morgan fingerprint density at radius 3 is 2.78 bits per heavy atom. The molecule has 0 saturated heterocycles. The fraction of sp³-hybridized carbons (Fsp3) is 0.500. The molecule has 0 spiro atoms. The Hall–Kier alpha value is -2.01. The molecule has 3 atom stereocenters. The lowest BCUT2D eigenvalue weighted by atomic mass is 9.93. The molecular formula is C18H24N2O3. The van der Waals surface area contributed by atoms with Gasteiger partial charge in [-0.25, -0.2) is 4.79 Å². The number of furan rings is 1. The van der Waals surface area contributed by atoms with E-state index in [2.05, 4.69) is 10.6 Å². The van der Waals surface area contributed by atoms with Crippen LogP contribution in [0, 0.1) is 6.92 Å². The number of urea groups is 1. The molecule has 0 aliphatic heterocycles. The van der Waals surface area contributed by atoms with Crippen molar-refractivity contribution in [1.29, 1.82) is 0 Å². The highest BCUT2D eigenvalue weighted by Gasteiger charge is 2.25. The average Bonchev–Trinajstić information content (AvgIpc) is 2.87. The van der Waals surface area contributed by atoms with E-state index in [4.69, 9.17) is 4.42 Å². The summed E-state index contributed by atoms with van der Waals surface area (Å²) in [5.74, 6) is 0.769. The SMILES string of the molecule is Cc1c([C@H](C)NC(=O)NC2CCCCC2O)oc2ccccc12. The van der Waals surface area contributed by atoms with Crippen LogP contribution in [-0.4, -0.2) is 23.3 Å². The van der Waals surface area contributed by atoms with E-state index in [1.165, 1.54) is 0 Å². The minimum absolute atomic E-state index is 0.160. The largest absolute Gasteiger partial charge is 0.459 e. The highest BCUT2D eigenvalue weighted by molar-refractivity contribution is 5.82. The van der Waals surface area contributed by atoms with Crippen molar-refractivity contribution in [3.63, 3.8) is 0 Å². The third kappa shape index (κ3) is 3.34. The molecule has 1 aromatic heterocycles. The standard InChI is InChI=1S/C18H24N2O3/c1-11-13-7-3-6-10-16(13)23-17(11)12(2)19-18(22)20-14-8-4-5-9-15(14)21/h3,6-7,10,12,14-15,21H,4-5,8-9H2,1-2H3,(H2,19,20,22)/t12-,14?,15?/m0/s1. The zero-order chi connectivity index (χ0) is 16.4. The van der Waals surface area contributed by atoms with Gasteiger partial charge in [-0.1, -0.05) is 31.0 Å². The van der Waals surface area contributed by atoms with Crippen molar-refractivity contribution < 1.29 is 14.3 Å². The first-order valence-electron chi connectivity index (χ1n) is 8.29. The summed E-state index contributed by atoms with van der Waals surface area (Å²) < 4.78 is 5.88. The number of aliphatic hydroxyl groups is 1. The average molecular weight is 316 g/mol. The molecule has 1 saturated carbocycles. The Morgan fingerprint density at radius 2 is 2.04 bits per heavy atom. The van der Waals surface area contributed by atoms with Crippen molar-refractivity contribution in [3.8, 4) is 0 Å². The molecule has 5 heteroatoms. The molecular weight excluding hydrogens is 292 g/mol. The van der Waals surface area contributed by atoms with Gasteiger partial charge in [0.15, 0.2) is 0 Å². The number of aryl methyl sites for hydroxylation is 1. The molecule has 2 amide bonds. The van der Waals surface area contributed by atoms with E-state index >= 15 is 0 Å². The summed E-state index contributed by atoms with van der Waals surface area (Å²) in [5.41, 5.74) is 1.88. The van der Waals surface area contributed by atoms with Gasteiger partial charge in [0.2, 0.25) is 0 Å². The number of hydrogen-bond donors (Lipinski definition) is 3. The molecule has 0 bridgehead atoms. The van der Waals surface area contributed by atoms with Crippen LogP contribution in [0.15, 0.2) is 28.7 Å². The smallest absolute Gasteiger partial charge is 0.315 e. The summed E-state index contributed by atoms with van der Waals surface area (Å²) in [5, 5.41) is 16.8. The number of benzene rings is 1. The first-order valence-corrected chi connectivity index (χ1v) is 8.29. The maximum absolute atomic E-state index is 12.2. The number of rotatable bonds is 3. The van der Waals surface area contributed by atoms with Crippen molar-refractivity contribution in [3.05, 3.63) is 35.6 Å². The van der Waals surface area contributed by atoms with E-state index in [0.29, 0.717) is 0 Å². The Bertz CT molecular complexity index is 695. The lowest BCUT2D eigenvalue weighted by molar-refractivity contribution is 0.0940. The van der Waals surface area contributed by atoms with Gasteiger partial charge in [0.05, 0.1) is 18.2 Å². The lowest BCUT2D eigenvalue weighted by Gasteiger charge is -2.28. The molecule has 1 aromatic carbocycles. The third-order valence-electron chi connectivity index (χ3n) is 4.67. The Balaban J connectivity index is 1.66. The van der Waals surface area contributed by atoms with Gasteiger partial charge >= 0.3 is 6.03 Å². The Labute approximate surface area is 136 Å². The number of para-hydroxylation sites is 1. The van der Waals surface area contributed by atoms with Gasteiger partial charge in [0, 0.05) is 10.9 Å². The van der Waals surface area contributed by atoms with Crippen LogP contribution in [0.4, 0.5) is 4.79 Å². The maximum Gasteiger partial charge on any atom is 0.315 e. The van der Waals surface area contributed by atoms with Crippen LogP contribution in [0.25, 0.3) is 11.0 Å². The molecule has 23 heavy (non-hydrogen) atoms. The van der Waals surface area contributed by atoms with Gasteiger partial charge < -0.3 is 20.2 Å². The molecule has 1 heterocycles. The number of hydrogen-bond acceptors (Lipinski definition) is 3. The predicted octanol–water partition coefficient (Wildman–Crippen LogP) is 3.40. The van der Waals surface area contributed by atoms with E-state index in [1.54, 1.807) is 0 Å². The van der Waals surface area contributed by atoms with Crippen LogP contribution in [0.3, 0.4) is 0 Å². The zero-order valence-electron chi connectivity index (χ0n) is 13.6. The summed E-state index contributed by atoms with van der Waals surface area (Å²) in [6.07, 6.45) is 3.20. The molecule has 5 nitrogen and oxygen atoms in total. The summed E-state index contributed by atoms with van der Waals surface area (Å²) in [6, 6.07) is 7.20. The van der Waals surface area contributed by atoms with Crippen LogP contribution in [-0.2, 0) is 0 Å². The number of aliphatic hydroxyl groups excluding tert-OH is 1. The van der Waals surface area contributed by atoms with Gasteiger partial charge in [-0.2, -0.15) is 0 Å². The van der Waals surface area contributed by atoms with E-state index < -0.39 is 6.10 Å². The van der Waals surface area contributed by atoms with Crippen molar-refractivity contribution >= 4 is 17.0 Å². The molecule has 0 radical (unpaired) electrons. The van der Waals surface area contributed by atoms with E-state index in [-0.39, 0.29) is 18.1 Å². The summed E-state index contributed by atoms with van der Waals surface area (Å²) in [7, 11) is 0. The van der Waals surface area contributed by atoms with Gasteiger partial charge in [-0.05, 0) is 32.8 Å². The van der Waals surface area contributed by atoms with Gasteiger partial charge in [0.1, 0.15) is 11.3 Å². The van der Waals surface area contributed by atoms with E-state index in [0.717, 1.165) is 48.0 Å². The first-order chi connectivity index (χ1) is 11.1. The fourth-order valence-electron chi connectivity index (χ4n) is 3.36. The summed E-state index contributed by atoms with van der Waals surface area (Å²) >= 11 is 0. The molecule has 3 N–H and O–H groups in total. The molecule has 2 unspecified atom stereocenters. The molecule has 124 valence electrons. The Kier molecular flexibility index (Phi) is 4.57. The topological polar surface area (TPSA) is 74.5 Å². The first kappa shape index (κ1) is 15.9. The van der Waals surface area contributed by atoms with E-state index in [1.807, 2.05) is 38.1 Å². The second-order valence-electron chi connectivity index (χ2n) is 6.39. The van der Waals surface area contributed by atoms with E-state index in [9.17, 15) is 9.90 Å². The quantitative estimate of drug-likeness (QED) is 0.812. The second kappa shape index (κ2) is 6.62. The van der Waals surface area contributed by atoms with Crippen LogP contribution >= 0.6 is 0 Å². The number of amides is 2. The number of carbonyl (C=O) groups is 1. The fourth-order valence-corrected chi connectivity index (χ4v) is 3.36. The monoisotopic (exact) mass is 316 g/mol. The minimum Gasteiger partial charge on any atom is -0.459 e. The van der Waals surface area contributed by atoms with Crippen LogP contribution in [0.2, 0.25) is 0 Å². The molecule has 2 aromatic rings. The summed E-state index contributed by atoms with van der Waals surface area (Å²) in [4.78, 5) is 12.2. The number of carbonyl (C=O) groups excluding carboxylic acids is 1. The highest BCUT2D eigenvalue weighted by atomic mass is 16.3. The molecule has 1 aliphatic carbocycles. The summed E-state index contributed by atoms with van der Waals surface area (Å²) in [6.45, 7) is 3.91. The highest BCUT2D eigenvalue weighted by Crippen LogP contribution is 2.29. The second-order valence-corrected chi connectivity index (χ2v) is 6.39. The maximum atomic E-state index is 12.2. The number of nitrogens with one attached hydrogen (secondary N) is 2. The molecule has 3 rings (SSSR count). The van der Waals surface area contributed by atoms with Gasteiger partial charge in [-0.15, -0.1) is 0 Å².